The van der Waals surface area contributed by atoms with Crippen LogP contribution < -0.4 is 4.74 Å². The number of aliphatic hydroxyl groups is 1. The molecule has 1 aromatic carbocycles. The quantitative estimate of drug-likeness (QED) is 0.509. The zero-order valence-corrected chi connectivity index (χ0v) is 9.82. The number of ether oxygens (including phenoxy) is 1. The van der Waals surface area contributed by atoms with Crippen molar-refractivity contribution in [3.63, 3.8) is 0 Å². The van der Waals surface area contributed by atoms with Crippen molar-refractivity contribution in [2.45, 2.75) is 6.04 Å². The highest BCUT2D eigenvalue weighted by molar-refractivity contribution is 5.82. The summed E-state index contributed by atoms with van der Waals surface area (Å²) in [5.74, 6) is 0.479. The smallest absolute Gasteiger partial charge is 0.213 e. The van der Waals surface area contributed by atoms with Crippen LogP contribution in [-0.4, -0.2) is 23.8 Å². The fraction of sp³-hybridized carbons (Fsp3) is 0.250. The Hall–Kier alpha value is -2.30. The minimum atomic E-state index is -0.640. The normalized spacial score (nSPS) is 11.9. The van der Waals surface area contributed by atoms with Crippen LogP contribution in [-0.2, 0) is 0 Å². The summed E-state index contributed by atoms with van der Waals surface area (Å²) in [6, 6.07) is 8.50. The third kappa shape index (κ3) is 2.20. The van der Waals surface area contributed by atoms with Crippen LogP contribution in [0.4, 0.5) is 0 Å². The molecule has 1 unspecified atom stereocenters. The lowest BCUT2D eigenvalue weighted by Crippen LogP contribution is -2.02. The molecule has 6 heteroatoms. The molecule has 2 aromatic rings. The molecule has 92 valence electrons. The number of hydrogen-bond acceptors (Lipinski definition) is 4. The lowest BCUT2D eigenvalue weighted by Gasteiger charge is -2.11. The molecule has 0 aliphatic heterocycles. The van der Waals surface area contributed by atoms with E-state index < -0.39 is 6.04 Å². The van der Waals surface area contributed by atoms with Crippen LogP contribution in [0.5, 0.6) is 5.88 Å². The van der Waals surface area contributed by atoms with Crippen molar-refractivity contribution in [1.82, 2.24) is 4.98 Å². The monoisotopic (exact) mass is 244 g/mol. The predicted molar refractivity (Wildman–Crippen MR) is 67.3 cm³/mol. The van der Waals surface area contributed by atoms with Gasteiger partial charge in [-0.15, -0.1) is 0 Å². The number of aromatic nitrogens is 1. The summed E-state index contributed by atoms with van der Waals surface area (Å²) in [6.45, 7) is -0.262. The molecule has 0 amide bonds. The standard InChI is InChI=1S/C12H12N4O2/c1-18-11-6-5-8-3-2-4-9(12(8)14-11)10(7-17)15-16-13/h2-6,10,17H,7H2,1H3. The van der Waals surface area contributed by atoms with E-state index in [0.29, 0.717) is 17.0 Å². The minimum absolute atomic E-state index is 0.262. The molecule has 0 radical (unpaired) electrons. The van der Waals surface area contributed by atoms with E-state index >= 15 is 0 Å². The Labute approximate surface area is 103 Å². The zero-order valence-electron chi connectivity index (χ0n) is 9.82. The summed E-state index contributed by atoms with van der Waals surface area (Å²) in [6.07, 6.45) is 0. The van der Waals surface area contributed by atoms with Gasteiger partial charge in [-0.25, -0.2) is 4.98 Å². The van der Waals surface area contributed by atoms with Gasteiger partial charge in [0, 0.05) is 16.4 Å². The number of pyridine rings is 1. The third-order valence-corrected chi connectivity index (χ3v) is 2.66. The van der Waals surface area contributed by atoms with E-state index in [-0.39, 0.29) is 6.61 Å². The maximum absolute atomic E-state index is 9.27. The second kappa shape index (κ2) is 5.35. The molecule has 0 saturated carbocycles. The summed E-state index contributed by atoms with van der Waals surface area (Å²) < 4.78 is 5.07. The summed E-state index contributed by atoms with van der Waals surface area (Å²) in [4.78, 5) is 7.07. The van der Waals surface area contributed by atoms with E-state index in [4.69, 9.17) is 10.3 Å². The average molecular weight is 244 g/mol. The molecule has 1 N–H and O–H groups in total. The highest BCUT2D eigenvalue weighted by atomic mass is 16.5. The molecule has 0 aliphatic carbocycles. The maximum Gasteiger partial charge on any atom is 0.213 e. The van der Waals surface area contributed by atoms with Crippen molar-refractivity contribution < 1.29 is 9.84 Å². The van der Waals surface area contributed by atoms with Crippen molar-refractivity contribution >= 4 is 10.9 Å². The molecule has 1 aromatic heterocycles. The van der Waals surface area contributed by atoms with Gasteiger partial charge in [0.15, 0.2) is 0 Å². The topological polar surface area (TPSA) is 91.1 Å². The Balaban J connectivity index is 2.65. The van der Waals surface area contributed by atoms with Crippen LogP contribution in [0.25, 0.3) is 21.3 Å². The summed E-state index contributed by atoms with van der Waals surface area (Å²) in [5.41, 5.74) is 9.86. The summed E-state index contributed by atoms with van der Waals surface area (Å²) in [7, 11) is 1.54. The van der Waals surface area contributed by atoms with Crippen molar-refractivity contribution in [3.05, 3.63) is 46.3 Å². The number of para-hydroxylation sites is 1. The van der Waals surface area contributed by atoms with Gasteiger partial charge in [-0.3, -0.25) is 0 Å². The Morgan fingerprint density at radius 2 is 2.28 bits per heavy atom. The van der Waals surface area contributed by atoms with E-state index in [0.717, 1.165) is 5.39 Å². The first kappa shape index (κ1) is 12.2. The first-order chi connectivity index (χ1) is 8.80. The Morgan fingerprint density at radius 3 is 2.94 bits per heavy atom. The number of fused-ring (bicyclic) bond motifs is 1. The average Bonchev–Trinajstić information content (AvgIpc) is 2.43. The van der Waals surface area contributed by atoms with Gasteiger partial charge in [-0.1, -0.05) is 23.3 Å². The molecule has 0 fully saturated rings. The Bertz CT molecular complexity index is 608. The molecule has 0 bridgehead atoms. The highest BCUT2D eigenvalue weighted by Crippen LogP contribution is 2.26. The lowest BCUT2D eigenvalue weighted by molar-refractivity contribution is 0.268. The van der Waals surface area contributed by atoms with Crippen molar-refractivity contribution in [2.75, 3.05) is 13.7 Å². The van der Waals surface area contributed by atoms with Gasteiger partial charge in [-0.05, 0) is 17.2 Å². The van der Waals surface area contributed by atoms with E-state index in [1.54, 1.807) is 12.1 Å². The highest BCUT2D eigenvalue weighted by Gasteiger charge is 2.13. The van der Waals surface area contributed by atoms with Crippen LogP contribution in [0, 0.1) is 0 Å². The second-order valence-corrected chi connectivity index (χ2v) is 3.68. The number of rotatable bonds is 4. The number of methoxy groups -OCH3 is 1. The fourth-order valence-corrected chi connectivity index (χ4v) is 1.79. The number of nitrogens with zero attached hydrogens (tertiary/aromatic N) is 4. The molecule has 6 nitrogen and oxygen atoms in total. The van der Waals surface area contributed by atoms with Gasteiger partial charge in [0.1, 0.15) is 0 Å². The fourth-order valence-electron chi connectivity index (χ4n) is 1.79. The number of hydrogen-bond donors (Lipinski definition) is 1. The summed E-state index contributed by atoms with van der Waals surface area (Å²) >= 11 is 0. The first-order valence-electron chi connectivity index (χ1n) is 5.39. The Morgan fingerprint density at radius 1 is 1.44 bits per heavy atom. The van der Waals surface area contributed by atoms with Crippen LogP contribution in [0.3, 0.4) is 0 Å². The molecular formula is C12H12N4O2. The molecule has 2 rings (SSSR count). The van der Waals surface area contributed by atoms with E-state index in [9.17, 15) is 5.11 Å². The third-order valence-electron chi connectivity index (χ3n) is 2.66. The van der Waals surface area contributed by atoms with E-state index in [1.165, 1.54) is 7.11 Å². The van der Waals surface area contributed by atoms with E-state index in [1.807, 2.05) is 18.2 Å². The van der Waals surface area contributed by atoms with Gasteiger partial charge in [0.05, 0.1) is 25.3 Å². The molecule has 0 spiro atoms. The van der Waals surface area contributed by atoms with Crippen molar-refractivity contribution in [1.29, 1.82) is 0 Å². The van der Waals surface area contributed by atoms with Gasteiger partial charge in [0.25, 0.3) is 0 Å². The van der Waals surface area contributed by atoms with Crippen molar-refractivity contribution in [3.8, 4) is 5.88 Å². The molecular weight excluding hydrogens is 232 g/mol. The van der Waals surface area contributed by atoms with Gasteiger partial charge >= 0.3 is 0 Å². The Kier molecular flexibility index (Phi) is 3.62. The van der Waals surface area contributed by atoms with Gasteiger partial charge in [0.2, 0.25) is 5.88 Å². The number of azide groups is 1. The zero-order chi connectivity index (χ0) is 13.0. The largest absolute Gasteiger partial charge is 0.481 e. The van der Waals surface area contributed by atoms with Crippen LogP contribution in [0.15, 0.2) is 35.4 Å². The molecule has 0 aliphatic rings. The maximum atomic E-state index is 9.27. The van der Waals surface area contributed by atoms with Gasteiger partial charge in [-0.2, -0.15) is 0 Å². The molecule has 18 heavy (non-hydrogen) atoms. The minimum Gasteiger partial charge on any atom is -0.481 e. The van der Waals surface area contributed by atoms with Crippen LogP contribution >= 0.6 is 0 Å². The molecule has 1 atom stereocenters. The predicted octanol–water partition coefficient (Wildman–Crippen LogP) is 2.59. The van der Waals surface area contributed by atoms with E-state index in [2.05, 4.69) is 15.0 Å². The van der Waals surface area contributed by atoms with Crippen molar-refractivity contribution in [2.24, 2.45) is 5.11 Å². The lowest BCUT2D eigenvalue weighted by atomic mass is 10.0. The number of aliphatic hydroxyl groups excluding tert-OH is 1. The van der Waals surface area contributed by atoms with Gasteiger partial charge < -0.3 is 9.84 Å². The first-order valence-corrected chi connectivity index (χ1v) is 5.39. The SMILES string of the molecule is COc1ccc2cccc(C(CO)N=[N+]=[N-])c2n1. The number of benzene rings is 1. The molecule has 0 saturated heterocycles. The second-order valence-electron chi connectivity index (χ2n) is 3.68. The molecule has 1 heterocycles. The van der Waals surface area contributed by atoms with Crippen LogP contribution in [0.2, 0.25) is 0 Å². The summed E-state index contributed by atoms with van der Waals surface area (Å²) in [5, 5.41) is 13.7. The van der Waals surface area contributed by atoms with Crippen LogP contribution in [0.1, 0.15) is 11.6 Å².